The lowest BCUT2D eigenvalue weighted by Crippen LogP contribution is -2.14. The van der Waals surface area contributed by atoms with Crippen LogP contribution in [0.1, 0.15) is 12.0 Å². The molecule has 0 unspecified atom stereocenters. The maximum absolute atomic E-state index is 5.40. The molecule has 0 saturated carbocycles. The molecule has 0 fully saturated rings. The summed E-state index contributed by atoms with van der Waals surface area (Å²) < 4.78 is 10.7. The number of fused-ring (bicyclic) bond motifs is 1. The van der Waals surface area contributed by atoms with Gasteiger partial charge in [-0.25, -0.2) is 0 Å². The van der Waals surface area contributed by atoms with Crippen molar-refractivity contribution in [3.05, 3.63) is 36.4 Å². The Morgan fingerprint density at radius 1 is 1.40 bits per heavy atom. The zero-order valence-corrected chi connectivity index (χ0v) is 8.66. The van der Waals surface area contributed by atoms with Gasteiger partial charge in [-0.15, -0.1) is 6.58 Å². The van der Waals surface area contributed by atoms with Crippen LogP contribution in [0.15, 0.2) is 30.9 Å². The Morgan fingerprint density at radius 3 is 3.20 bits per heavy atom. The van der Waals surface area contributed by atoms with Gasteiger partial charge in [0.1, 0.15) is 0 Å². The van der Waals surface area contributed by atoms with Gasteiger partial charge >= 0.3 is 0 Å². The second-order valence-corrected chi connectivity index (χ2v) is 3.41. The van der Waals surface area contributed by atoms with Gasteiger partial charge in [0, 0.05) is 12.1 Å². The maximum atomic E-state index is 5.40. The lowest BCUT2D eigenvalue weighted by molar-refractivity contribution is 0.173. The van der Waals surface area contributed by atoms with Crippen molar-refractivity contribution >= 4 is 0 Å². The highest BCUT2D eigenvalue weighted by atomic mass is 16.7. The van der Waals surface area contributed by atoms with E-state index in [9.17, 15) is 0 Å². The van der Waals surface area contributed by atoms with Crippen molar-refractivity contribution in [1.29, 1.82) is 0 Å². The van der Waals surface area contributed by atoms with Crippen molar-refractivity contribution < 1.29 is 9.47 Å². The van der Waals surface area contributed by atoms with Crippen molar-refractivity contribution in [1.82, 2.24) is 5.32 Å². The quantitative estimate of drug-likeness (QED) is 0.589. The van der Waals surface area contributed by atoms with Gasteiger partial charge < -0.3 is 14.8 Å². The van der Waals surface area contributed by atoms with Crippen LogP contribution >= 0.6 is 0 Å². The summed E-state index contributed by atoms with van der Waals surface area (Å²) in [5.41, 5.74) is 1.15. The molecule has 0 spiro atoms. The molecule has 0 aliphatic carbocycles. The van der Waals surface area contributed by atoms with Gasteiger partial charge in [-0.3, -0.25) is 0 Å². The van der Waals surface area contributed by atoms with E-state index in [1.807, 2.05) is 18.2 Å². The van der Waals surface area contributed by atoms with E-state index in [0.717, 1.165) is 36.6 Å². The largest absolute Gasteiger partial charge is 0.454 e. The van der Waals surface area contributed by atoms with Gasteiger partial charge in [0.15, 0.2) is 11.5 Å². The van der Waals surface area contributed by atoms with Crippen LogP contribution in [0.25, 0.3) is 0 Å². The predicted octanol–water partition coefficient (Wildman–Crippen LogP) is 2.08. The third-order valence-electron chi connectivity index (χ3n) is 2.32. The molecule has 0 saturated heterocycles. The molecule has 1 aromatic carbocycles. The zero-order chi connectivity index (χ0) is 10.5. The van der Waals surface area contributed by atoms with Crippen molar-refractivity contribution in [2.24, 2.45) is 0 Å². The maximum Gasteiger partial charge on any atom is 0.231 e. The van der Waals surface area contributed by atoms with E-state index in [4.69, 9.17) is 9.47 Å². The Bertz CT molecular complexity index is 349. The first-order chi connectivity index (χ1) is 7.42. The monoisotopic (exact) mass is 205 g/mol. The van der Waals surface area contributed by atoms with Gasteiger partial charge in [0.2, 0.25) is 6.79 Å². The molecule has 1 aliphatic rings. The van der Waals surface area contributed by atoms with Crippen molar-refractivity contribution in [2.45, 2.75) is 13.0 Å². The molecular formula is C12H15NO2. The molecule has 1 aliphatic heterocycles. The Hall–Kier alpha value is -1.48. The summed E-state index contributed by atoms with van der Waals surface area (Å²) in [6.45, 7) is 5.76. The number of benzene rings is 1. The minimum absolute atomic E-state index is 0.332. The van der Waals surface area contributed by atoms with Gasteiger partial charge in [-0.05, 0) is 19.0 Å². The third kappa shape index (κ3) is 2.30. The Morgan fingerprint density at radius 2 is 2.33 bits per heavy atom. The van der Waals surface area contributed by atoms with Crippen molar-refractivity contribution in [2.75, 3.05) is 13.3 Å². The van der Waals surface area contributed by atoms with E-state index in [0.29, 0.717) is 6.79 Å². The third-order valence-corrected chi connectivity index (χ3v) is 2.32. The average molecular weight is 205 g/mol. The van der Waals surface area contributed by atoms with Gasteiger partial charge in [0.25, 0.3) is 0 Å². The Labute approximate surface area is 89.7 Å². The van der Waals surface area contributed by atoms with Gasteiger partial charge in [-0.2, -0.15) is 0 Å². The van der Waals surface area contributed by atoms with Crippen LogP contribution in [0.2, 0.25) is 0 Å². The molecule has 1 N–H and O–H groups in total. The summed E-state index contributed by atoms with van der Waals surface area (Å²) in [7, 11) is 0. The van der Waals surface area contributed by atoms with E-state index in [1.54, 1.807) is 0 Å². The van der Waals surface area contributed by atoms with Gasteiger partial charge in [-0.1, -0.05) is 18.2 Å². The second-order valence-electron chi connectivity index (χ2n) is 3.41. The first-order valence-electron chi connectivity index (χ1n) is 5.11. The molecule has 15 heavy (non-hydrogen) atoms. The molecule has 3 heteroatoms. The van der Waals surface area contributed by atoms with Crippen LogP contribution in [0.5, 0.6) is 11.5 Å². The van der Waals surface area contributed by atoms with Crippen LogP contribution in [-0.2, 0) is 6.54 Å². The highest BCUT2D eigenvalue weighted by Gasteiger charge is 2.16. The summed E-state index contributed by atoms with van der Waals surface area (Å²) in [6, 6.07) is 5.96. The molecule has 0 radical (unpaired) electrons. The summed E-state index contributed by atoms with van der Waals surface area (Å²) in [5.74, 6) is 1.72. The fourth-order valence-corrected chi connectivity index (χ4v) is 1.56. The van der Waals surface area contributed by atoms with Crippen LogP contribution in [-0.4, -0.2) is 13.3 Å². The van der Waals surface area contributed by atoms with Crippen LogP contribution in [0.4, 0.5) is 0 Å². The number of ether oxygens (including phenoxy) is 2. The number of rotatable bonds is 5. The summed E-state index contributed by atoms with van der Waals surface area (Å²) in [6.07, 6.45) is 2.88. The second kappa shape index (κ2) is 4.84. The van der Waals surface area contributed by atoms with E-state index in [-0.39, 0.29) is 0 Å². The zero-order valence-electron chi connectivity index (χ0n) is 8.66. The van der Waals surface area contributed by atoms with Crippen molar-refractivity contribution in [3.8, 4) is 11.5 Å². The van der Waals surface area contributed by atoms with Crippen molar-refractivity contribution in [3.63, 3.8) is 0 Å². The molecule has 2 rings (SSSR count). The number of para-hydroxylation sites is 1. The standard InChI is InChI=1S/C12H15NO2/c1-2-3-7-13-8-10-5-4-6-11-12(10)15-9-14-11/h2,4-6,13H,1,3,7-9H2. The fraction of sp³-hybridized carbons (Fsp3) is 0.333. The predicted molar refractivity (Wildman–Crippen MR) is 59.1 cm³/mol. The fourth-order valence-electron chi connectivity index (χ4n) is 1.56. The first-order valence-corrected chi connectivity index (χ1v) is 5.11. The van der Waals surface area contributed by atoms with E-state index < -0.39 is 0 Å². The lowest BCUT2D eigenvalue weighted by atomic mass is 10.2. The van der Waals surface area contributed by atoms with Crippen LogP contribution in [0, 0.1) is 0 Å². The number of hydrogen-bond acceptors (Lipinski definition) is 3. The first kappa shape index (κ1) is 10.1. The molecular weight excluding hydrogens is 190 g/mol. The Kier molecular flexibility index (Phi) is 3.25. The SMILES string of the molecule is C=CCCNCc1cccc2c1OCO2. The number of nitrogens with one attached hydrogen (secondary N) is 1. The molecule has 1 aromatic rings. The smallest absolute Gasteiger partial charge is 0.231 e. The summed E-state index contributed by atoms with van der Waals surface area (Å²) in [4.78, 5) is 0. The van der Waals surface area contributed by atoms with Gasteiger partial charge in [0.05, 0.1) is 0 Å². The molecule has 80 valence electrons. The van der Waals surface area contributed by atoms with Crippen LogP contribution < -0.4 is 14.8 Å². The van der Waals surface area contributed by atoms with E-state index in [2.05, 4.69) is 18.0 Å². The average Bonchev–Trinajstić information content (AvgIpc) is 2.73. The summed E-state index contributed by atoms with van der Waals surface area (Å²) >= 11 is 0. The highest BCUT2D eigenvalue weighted by molar-refractivity contribution is 5.48. The summed E-state index contributed by atoms with van der Waals surface area (Å²) in [5, 5.41) is 3.33. The molecule has 0 bridgehead atoms. The highest BCUT2D eigenvalue weighted by Crippen LogP contribution is 2.35. The molecule has 0 aromatic heterocycles. The molecule has 0 amide bonds. The normalized spacial score (nSPS) is 12.8. The minimum Gasteiger partial charge on any atom is -0.454 e. The Balaban J connectivity index is 1.96. The molecule has 1 heterocycles. The topological polar surface area (TPSA) is 30.5 Å². The van der Waals surface area contributed by atoms with E-state index in [1.165, 1.54) is 0 Å². The lowest BCUT2D eigenvalue weighted by Gasteiger charge is -2.06. The minimum atomic E-state index is 0.332. The van der Waals surface area contributed by atoms with Crippen LogP contribution in [0.3, 0.4) is 0 Å². The molecule has 0 atom stereocenters. The number of hydrogen-bond donors (Lipinski definition) is 1. The van der Waals surface area contributed by atoms with E-state index >= 15 is 0 Å². The molecule has 3 nitrogen and oxygen atoms in total.